The van der Waals surface area contributed by atoms with Crippen molar-refractivity contribution in [2.45, 2.75) is 58.9 Å². The van der Waals surface area contributed by atoms with Crippen LogP contribution in [0.3, 0.4) is 0 Å². The molecule has 3 aromatic carbocycles. The summed E-state index contributed by atoms with van der Waals surface area (Å²) in [6, 6.07) is 24.7. The average Bonchev–Trinajstić information content (AvgIpc) is 2.91. The highest BCUT2D eigenvalue weighted by Gasteiger charge is 2.24. The van der Waals surface area contributed by atoms with E-state index < -0.39 is 43.2 Å². The monoisotopic (exact) mass is 547 g/mol. The third kappa shape index (κ3) is 9.08. The molecule has 39 heavy (non-hydrogen) atoms. The Morgan fingerprint density at radius 2 is 1.33 bits per heavy atom. The van der Waals surface area contributed by atoms with Gasteiger partial charge in [-0.1, -0.05) is 42.5 Å². The number of rotatable bonds is 9. The first-order valence-corrected chi connectivity index (χ1v) is 14.3. The molecule has 0 aliphatic heterocycles. The van der Waals surface area contributed by atoms with E-state index in [4.69, 9.17) is 9.47 Å². The number of hydrogen-bond acceptors (Lipinski definition) is 5. The van der Waals surface area contributed by atoms with Gasteiger partial charge in [-0.05, 0) is 87.7 Å². The van der Waals surface area contributed by atoms with Gasteiger partial charge in [0.15, 0.2) is 18.2 Å². The van der Waals surface area contributed by atoms with Crippen LogP contribution in [0.15, 0.2) is 78.9 Å². The average molecular weight is 548 g/mol. The Balaban J connectivity index is 1.49. The molecule has 0 aliphatic carbocycles. The van der Waals surface area contributed by atoms with Gasteiger partial charge in [0.05, 0.1) is 6.30 Å². The summed E-state index contributed by atoms with van der Waals surface area (Å²) in [6.45, 7) is 8.30. The lowest BCUT2D eigenvalue weighted by atomic mass is 10.0. The topological polar surface area (TPSA) is 93.7 Å². The summed E-state index contributed by atoms with van der Waals surface area (Å²) in [5, 5.41) is 7.44. The van der Waals surface area contributed by atoms with E-state index in [1.807, 2.05) is 42.5 Å². The molecule has 0 saturated heterocycles. The molecule has 0 bridgehead atoms. The molecule has 0 saturated carbocycles. The summed E-state index contributed by atoms with van der Waals surface area (Å²) < 4.78 is 10.5. The number of amides is 2. The van der Waals surface area contributed by atoms with Crippen molar-refractivity contribution in [1.29, 1.82) is 0 Å². The van der Waals surface area contributed by atoms with Crippen LogP contribution in [0, 0.1) is 0 Å². The number of nitrogens with one attached hydrogen (secondary N) is 2. The van der Waals surface area contributed by atoms with Gasteiger partial charge in [0.1, 0.15) is 24.3 Å². The molecule has 0 fully saturated rings. The van der Waals surface area contributed by atoms with Crippen LogP contribution in [-0.4, -0.2) is 42.0 Å². The molecular weight excluding hydrogens is 511 g/mol. The van der Waals surface area contributed by atoms with Crippen molar-refractivity contribution in [3.8, 4) is 11.1 Å². The van der Waals surface area contributed by atoms with E-state index >= 15 is 0 Å². The standard InChI is InChI=1S/C31H35N2O5P/c1-21(33-30(36)38-31(3,4)5)28(34)32-22(2)29(35)37-20-23-12-14-24(15-13-23)25-16-18-27(19-17-25)39(6)26-10-8-7-9-11-26/h7-19,21-22H,6,20H2,1-5H3,(H-,32,33,34,36)/p+1. The molecule has 3 rings (SSSR count). The van der Waals surface area contributed by atoms with E-state index in [0.29, 0.717) is 0 Å². The van der Waals surface area contributed by atoms with Crippen LogP contribution >= 0.6 is 7.55 Å². The van der Waals surface area contributed by atoms with Crippen LogP contribution < -0.4 is 21.2 Å². The lowest BCUT2D eigenvalue weighted by Gasteiger charge is -2.22. The lowest BCUT2D eigenvalue weighted by molar-refractivity contribution is -0.148. The number of esters is 1. The molecule has 0 aromatic heterocycles. The molecule has 3 atom stereocenters. The highest BCUT2D eigenvalue weighted by Crippen LogP contribution is 2.23. The van der Waals surface area contributed by atoms with Crippen molar-refractivity contribution in [3.05, 3.63) is 84.4 Å². The second kappa shape index (κ2) is 13.2. The lowest BCUT2D eigenvalue weighted by Crippen LogP contribution is -2.50. The van der Waals surface area contributed by atoms with Gasteiger partial charge in [-0.25, -0.2) is 9.59 Å². The molecule has 3 unspecified atom stereocenters. The maximum absolute atomic E-state index is 12.4. The number of hydrogen-bond donors (Lipinski definition) is 2. The molecule has 2 amide bonds. The molecular formula is C31H36N2O5P+. The third-order valence-corrected chi connectivity index (χ3v) is 7.60. The number of alkyl carbamates (subject to hydrolysis) is 1. The summed E-state index contributed by atoms with van der Waals surface area (Å²) in [7, 11) is -0.642. The van der Waals surface area contributed by atoms with Crippen LogP contribution in [0.1, 0.15) is 40.2 Å². The van der Waals surface area contributed by atoms with Gasteiger partial charge in [0, 0.05) is 0 Å². The Morgan fingerprint density at radius 3 is 1.90 bits per heavy atom. The number of ether oxygens (including phenoxy) is 2. The Hall–Kier alpha value is -3.96. The Morgan fingerprint density at radius 1 is 0.795 bits per heavy atom. The SMILES string of the molecule is C=[P+](c1ccccc1)c1ccc(-c2ccc(COC(=O)C(C)NC(=O)C(C)NC(=O)OC(C)(C)C)cc2)cc1. The van der Waals surface area contributed by atoms with Gasteiger partial charge >= 0.3 is 12.1 Å². The minimum absolute atomic E-state index is 0.0762. The fourth-order valence-electron chi connectivity index (χ4n) is 3.61. The van der Waals surface area contributed by atoms with Crippen molar-refractivity contribution in [2.75, 3.05) is 0 Å². The fraction of sp³-hybridized carbons (Fsp3) is 0.290. The maximum atomic E-state index is 12.4. The van der Waals surface area contributed by atoms with E-state index in [2.05, 4.69) is 53.3 Å². The van der Waals surface area contributed by atoms with Crippen LogP contribution in [0.5, 0.6) is 0 Å². The highest BCUT2D eigenvalue weighted by molar-refractivity contribution is 7.70. The van der Waals surface area contributed by atoms with Crippen LogP contribution in [0.2, 0.25) is 0 Å². The summed E-state index contributed by atoms with van der Waals surface area (Å²) in [6.07, 6.45) is 3.66. The summed E-state index contributed by atoms with van der Waals surface area (Å²) in [4.78, 5) is 36.6. The molecule has 0 aliphatic rings. The van der Waals surface area contributed by atoms with E-state index in [-0.39, 0.29) is 6.61 Å². The van der Waals surface area contributed by atoms with Crippen LogP contribution in [0.4, 0.5) is 4.79 Å². The molecule has 0 spiro atoms. The summed E-state index contributed by atoms with van der Waals surface area (Å²) in [5.74, 6) is -1.09. The van der Waals surface area contributed by atoms with E-state index in [1.165, 1.54) is 24.5 Å². The second-order valence-electron chi connectivity index (χ2n) is 10.2. The van der Waals surface area contributed by atoms with Crippen LogP contribution in [-0.2, 0) is 25.7 Å². The van der Waals surface area contributed by atoms with Crippen LogP contribution in [0.25, 0.3) is 11.1 Å². The largest absolute Gasteiger partial charge is 0.459 e. The zero-order valence-corrected chi connectivity index (χ0v) is 24.0. The van der Waals surface area contributed by atoms with Crippen molar-refractivity contribution < 1.29 is 23.9 Å². The minimum atomic E-state index is -0.882. The first kappa shape index (κ1) is 29.6. The first-order chi connectivity index (χ1) is 18.4. The van der Waals surface area contributed by atoms with Crippen molar-refractivity contribution in [3.63, 3.8) is 0 Å². The Labute approximate surface area is 231 Å². The van der Waals surface area contributed by atoms with Gasteiger partial charge in [-0.15, -0.1) is 0 Å². The van der Waals surface area contributed by atoms with Crippen molar-refractivity contribution in [2.24, 2.45) is 0 Å². The molecule has 3 aromatic rings. The highest BCUT2D eigenvalue weighted by atomic mass is 31.1. The van der Waals surface area contributed by atoms with Crippen molar-refractivity contribution >= 4 is 42.4 Å². The number of carbonyl (C=O) groups is 3. The molecule has 0 radical (unpaired) electrons. The minimum Gasteiger partial charge on any atom is -0.459 e. The van der Waals surface area contributed by atoms with Gasteiger partial charge in [0.25, 0.3) is 0 Å². The fourth-order valence-corrected chi connectivity index (χ4v) is 4.95. The third-order valence-electron chi connectivity index (χ3n) is 5.75. The smallest absolute Gasteiger partial charge is 0.408 e. The normalized spacial score (nSPS) is 13.0. The van der Waals surface area contributed by atoms with Gasteiger partial charge in [-0.2, -0.15) is 0 Å². The van der Waals surface area contributed by atoms with Gasteiger partial charge < -0.3 is 20.1 Å². The zero-order valence-electron chi connectivity index (χ0n) is 23.1. The Kier molecular flexibility index (Phi) is 10.0. The van der Waals surface area contributed by atoms with E-state index in [1.54, 1.807) is 20.8 Å². The first-order valence-electron chi connectivity index (χ1n) is 12.7. The number of carbonyl (C=O) groups excluding carboxylic acids is 3. The zero-order chi connectivity index (χ0) is 28.6. The van der Waals surface area contributed by atoms with E-state index in [9.17, 15) is 14.4 Å². The quantitative estimate of drug-likeness (QED) is 0.300. The van der Waals surface area contributed by atoms with Gasteiger partial charge in [-0.3, -0.25) is 4.79 Å². The number of benzene rings is 3. The summed E-state index contributed by atoms with van der Waals surface area (Å²) >= 11 is 0. The molecule has 7 nitrogen and oxygen atoms in total. The molecule has 0 heterocycles. The summed E-state index contributed by atoms with van der Waals surface area (Å²) in [5.41, 5.74) is 2.29. The van der Waals surface area contributed by atoms with Crippen molar-refractivity contribution in [1.82, 2.24) is 10.6 Å². The molecule has 8 heteroatoms. The predicted octanol–water partition coefficient (Wildman–Crippen LogP) is 4.68. The maximum Gasteiger partial charge on any atom is 0.408 e. The molecule has 2 N–H and O–H groups in total. The van der Waals surface area contributed by atoms with E-state index in [0.717, 1.165) is 16.7 Å². The Bertz CT molecular complexity index is 1300. The van der Waals surface area contributed by atoms with Gasteiger partial charge in [0.2, 0.25) is 5.91 Å². The molecule has 204 valence electrons. The second-order valence-corrected chi connectivity index (χ2v) is 12.1. The predicted molar refractivity (Wildman–Crippen MR) is 158 cm³/mol.